The van der Waals surface area contributed by atoms with Gasteiger partial charge < -0.3 is 29.1 Å². The quantitative estimate of drug-likeness (QED) is 0.0708. The van der Waals surface area contributed by atoms with Crippen molar-refractivity contribution in [2.45, 2.75) is 19.6 Å². The molecule has 0 aliphatic carbocycles. The van der Waals surface area contributed by atoms with E-state index in [0.29, 0.717) is 0 Å². The Bertz CT molecular complexity index is 7530. The van der Waals surface area contributed by atoms with E-state index in [2.05, 4.69) is 494 Å². The highest BCUT2D eigenvalue weighted by Crippen LogP contribution is 2.56. The van der Waals surface area contributed by atoms with Gasteiger partial charge in [-0.3, -0.25) is 0 Å². The van der Waals surface area contributed by atoms with Crippen molar-refractivity contribution in [1.82, 2.24) is 0 Å². The van der Waals surface area contributed by atoms with Crippen LogP contribution in [-0.2, 0) is 0 Å². The van der Waals surface area contributed by atoms with Crippen molar-refractivity contribution < 1.29 is 9.47 Å². The van der Waals surface area contributed by atoms with Gasteiger partial charge in [0.25, 0.3) is 0 Å². The second kappa shape index (κ2) is 31.4. The molecule has 0 fully saturated rings. The van der Waals surface area contributed by atoms with E-state index < -0.39 is 8.07 Å². The Kier molecular flexibility index (Phi) is 18.9. The van der Waals surface area contributed by atoms with Crippen molar-refractivity contribution in [2.24, 2.45) is 0 Å². The molecule has 0 N–H and O–H groups in total. The van der Waals surface area contributed by atoms with E-state index in [4.69, 9.17) is 9.47 Å². The summed E-state index contributed by atoms with van der Waals surface area (Å²) >= 11 is 0. The van der Waals surface area contributed by atoms with Crippen molar-refractivity contribution >= 4 is 146 Å². The van der Waals surface area contributed by atoms with Gasteiger partial charge in [0, 0.05) is 102 Å². The lowest BCUT2D eigenvalue weighted by molar-refractivity contribution is 0.487. The second-order valence-electron chi connectivity index (χ2n) is 33.0. The SMILES string of the molecule is C[Si](C)(C)c1ccc(N(c2ccccc2)c2ccc3c(c2)Oc2cccc4c2c-3cc2c3ccccc3c(-c3ccc(N(c5ccccc5)c5ccccc5)cc3)cc42)cc1.c1ccc(-c2ccccc2N(c2ccccc2)c2ccc3c(c2)Oc2cccc4c2c-3cc2c3ccccc3c(-c3ccc(N(c5ccccc5)c5ccccc5)cc3)cc42)cc1. The summed E-state index contributed by atoms with van der Waals surface area (Å²) in [5.41, 5.74) is 24.8. The fourth-order valence-electron chi connectivity index (χ4n) is 18.7. The zero-order valence-electron chi connectivity index (χ0n) is 68.9. The van der Waals surface area contributed by atoms with Crippen LogP contribution in [0.3, 0.4) is 0 Å². The number of benzene rings is 21. The lowest BCUT2D eigenvalue weighted by Crippen LogP contribution is -2.37. The molecule has 23 rings (SSSR count). The van der Waals surface area contributed by atoms with Crippen LogP contribution in [0.5, 0.6) is 23.0 Å². The zero-order valence-corrected chi connectivity index (χ0v) is 69.9. The van der Waals surface area contributed by atoms with Gasteiger partial charge in [-0.1, -0.05) is 292 Å². The minimum absolute atomic E-state index is 0.839. The lowest BCUT2D eigenvalue weighted by Gasteiger charge is -2.30. The van der Waals surface area contributed by atoms with Crippen LogP contribution in [0, 0.1) is 0 Å². The minimum Gasteiger partial charge on any atom is -0.456 e. The fourth-order valence-corrected chi connectivity index (χ4v) is 19.9. The van der Waals surface area contributed by atoms with Crippen molar-refractivity contribution in [1.29, 1.82) is 0 Å². The third-order valence-electron chi connectivity index (χ3n) is 24.6. The molecule has 0 spiro atoms. The van der Waals surface area contributed by atoms with Gasteiger partial charge in [-0.25, -0.2) is 0 Å². The fraction of sp³-hybridized carbons (Fsp3) is 0.0256. The standard InChI is InChI=1S/C60H40N2O.C57H44N2OSi/c1-5-18-41(19-6-1)48-26-15-16-30-57(48)62(45-24-11-4-12-25-45)47-36-37-51-56-40-54-50-28-14-13-27-49(50)53(39-55(54)52-29-17-31-58(60(52)56)63-59(51)38-47)42-32-34-46(35-33-42)61(43-20-7-2-8-21-43)44-22-9-3-10-23-44;1-61(2,3)46-33-30-44(31-34-46)59(42-20-11-6-12-21-42)45-32-35-49-54-38-52-48-23-14-13-22-47(48)51(37-53(52)50-24-15-25-55(57(50)54)60-56(49)36-45)39-26-28-43(29-27-39)58(40-16-7-4-8-17-40)41-18-9-5-10-19-41/h1-40H;4-38H,1-3H3. The summed E-state index contributed by atoms with van der Waals surface area (Å²) in [6.45, 7) is 7.19. The maximum atomic E-state index is 6.96. The molecule has 2 aliphatic rings. The summed E-state index contributed by atoms with van der Waals surface area (Å²) < 4.78 is 13.9. The van der Waals surface area contributed by atoms with Crippen LogP contribution in [0.15, 0.2) is 455 Å². The smallest absolute Gasteiger partial charge is 0.137 e. The number of fused-ring (bicyclic) bond motifs is 12. The van der Waals surface area contributed by atoms with Crippen LogP contribution in [0.25, 0.3) is 120 Å². The number of para-hydroxylation sites is 7. The van der Waals surface area contributed by atoms with Gasteiger partial charge in [-0.05, 0) is 269 Å². The van der Waals surface area contributed by atoms with Gasteiger partial charge in [0.05, 0.1) is 13.8 Å². The summed E-state index contributed by atoms with van der Waals surface area (Å²) in [4.78, 5) is 9.28. The number of hydrogen-bond acceptors (Lipinski definition) is 6. The van der Waals surface area contributed by atoms with Crippen LogP contribution in [-0.4, -0.2) is 8.07 Å². The van der Waals surface area contributed by atoms with E-state index in [-0.39, 0.29) is 0 Å². The third-order valence-corrected chi connectivity index (χ3v) is 26.6. The number of rotatable bonds is 16. The summed E-state index contributed by atoms with van der Waals surface area (Å²) in [7, 11) is -1.45. The van der Waals surface area contributed by atoms with Gasteiger partial charge in [0.15, 0.2) is 0 Å². The molecule has 2 aliphatic heterocycles. The van der Waals surface area contributed by atoms with Crippen LogP contribution in [0.1, 0.15) is 0 Å². The van der Waals surface area contributed by atoms with Crippen LogP contribution in [0.4, 0.5) is 68.2 Å². The summed E-state index contributed by atoms with van der Waals surface area (Å²) in [6.07, 6.45) is 0. The van der Waals surface area contributed by atoms with Gasteiger partial charge in [-0.15, -0.1) is 0 Å². The van der Waals surface area contributed by atoms with Crippen molar-refractivity contribution in [3.63, 3.8) is 0 Å². The minimum atomic E-state index is -1.45. The highest BCUT2D eigenvalue weighted by atomic mass is 28.3. The first-order chi connectivity index (χ1) is 61.2. The first kappa shape index (κ1) is 74.5. The van der Waals surface area contributed by atoms with Gasteiger partial charge in [0.2, 0.25) is 0 Å². The normalized spacial score (nSPS) is 11.8. The lowest BCUT2D eigenvalue weighted by atomic mass is 9.86. The Morgan fingerprint density at radius 2 is 0.452 bits per heavy atom. The predicted octanol–water partition coefficient (Wildman–Crippen LogP) is 33.3. The van der Waals surface area contributed by atoms with Gasteiger partial charge in [0.1, 0.15) is 23.0 Å². The number of anilines is 12. The Labute approximate surface area is 723 Å². The summed E-state index contributed by atoms with van der Waals surface area (Å²) in [5, 5.41) is 15.9. The molecule has 0 aromatic heterocycles. The van der Waals surface area contributed by atoms with E-state index in [1.54, 1.807) is 0 Å². The van der Waals surface area contributed by atoms with Crippen LogP contribution >= 0.6 is 0 Å². The average Bonchev–Trinajstić information content (AvgIpc) is 0.717. The van der Waals surface area contributed by atoms with Crippen LogP contribution < -0.4 is 34.3 Å². The molecular formula is C117H84N4O2Si. The average molecular weight is 1610 g/mol. The Balaban J connectivity index is 0.000000148. The van der Waals surface area contributed by atoms with E-state index >= 15 is 0 Å². The maximum absolute atomic E-state index is 6.96. The molecule has 0 amide bonds. The van der Waals surface area contributed by atoms with Crippen molar-refractivity contribution in [3.8, 4) is 78.6 Å². The molecular weight excluding hydrogens is 1520 g/mol. The molecule has 0 atom stereocenters. The molecule has 6 nitrogen and oxygen atoms in total. The first-order valence-electron chi connectivity index (χ1n) is 42.6. The summed E-state index contributed by atoms with van der Waals surface area (Å²) in [6, 6.07) is 164. The summed E-state index contributed by atoms with van der Waals surface area (Å²) in [5.74, 6) is 3.44. The molecule has 588 valence electrons. The highest BCUT2D eigenvalue weighted by Gasteiger charge is 2.30. The molecule has 124 heavy (non-hydrogen) atoms. The molecule has 0 saturated carbocycles. The molecule has 0 bridgehead atoms. The zero-order chi connectivity index (χ0) is 82.8. The monoisotopic (exact) mass is 1600 g/mol. The van der Waals surface area contributed by atoms with Gasteiger partial charge >= 0.3 is 0 Å². The van der Waals surface area contributed by atoms with Gasteiger partial charge in [-0.2, -0.15) is 0 Å². The Hall–Kier alpha value is -15.8. The van der Waals surface area contributed by atoms with E-state index in [0.717, 1.165) is 119 Å². The second-order valence-corrected chi connectivity index (χ2v) is 38.1. The number of ether oxygens (including phenoxy) is 2. The number of hydrogen-bond donors (Lipinski definition) is 0. The van der Waals surface area contributed by atoms with Crippen molar-refractivity contribution in [2.75, 3.05) is 19.6 Å². The first-order valence-corrected chi connectivity index (χ1v) is 46.1. The van der Waals surface area contributed by atoms with Crippen LogP contribution in [0.2, 0.25) is 19.6 Å². The molecule has 21 aromatic rings. The van der Waals surface area contributed by atoms with Crippen molar-refractivity contribution in [3.05, 3.63) is 455 Å². The highest BCUT2D eigenvalue weighted by molar-refractivity contribution is 6.88. The van der Waals surface area contributed by atoms with E-state index in [1.807, 2.05) is 0 Å². The molecule has 21 aromatic carbocycles. The Morgan fingerprint density at radius 3 is 0.847 bits per heavy atom. The van der Waals surface area contributed by atoms with E-state index in [1.165, 1.54) is 98.0 Å². The third kappa shape index (κ3) is 13.5. The molecule has 0 radical (unpaired) electrons. The van der Waals surface area contributed by atoms with E-state index in [9.17, 15) is 0 Å². The molecule has 0 unspecified atom stereocenters. The molecule has 7 heteroatoms. The maximum Gasteiger partial charge on any atom is 0.137 e. The molecule has 2 heterocycles. The largest absolute Gasteiger partial charge is 0.456 e. The molecule has 0 saturated heterocycles. The Morgan fingerprint density at radius 1 is 0.169 bits per heavy atom. The topological polar surface area (TPSA) is 31.4 Å². The predicted molar refractivity (Wildman–Crippen MR) is 527 cm³/mol. The number of nitrogens with zero attached hydrogens (tertiary/aromatic N) is 4.